The Labute approximate surface area is 131 Å². The molecule has 2 rings (SSSR count). The number of alkyl halides is 3. The predicted molar refractivity (Wildman–Crippen MR) is 83.3 cm³/mol. The Morgan fingerprint density at radius 3 is 2.39 bits per heavy atom. The molecule has 0 atom stereocenters. The van der Waals surface area contributed by atoms with Crippen molar-refractivity contribution in [2.75, 3.05) is 23.3 Å². The number of halogens is 3. The molecule has 0 aromatic heterocycles. The van der Waals surface area contributed by atoms with Gasteiger partial charge in [0.15, 0.2) is 0 Å². The minimum Gasteiger partial charge on any atom is -0.329 e. The molecule has 0 spiro atoms. The summed E-state index contributed by atoms with van der Waals surface area (Å²) in [5.74, 6) is 0. The van der Waals surface area contributed by atoms with Gasteiger partial charge in [-0.3, -0.25) is 4.90 Å². The Morgan fingerprint density at radius 2 is 1.78 bits per heavy atom. The van der Waals surface area contributed by atoms with Gasteiger partial charge in [-0.1, -0.05) is 24.3 Å². The normalized spacial score (nSPS) is 11.1. The highest BCUT2D eigenvalue weighted by atomic mass is 19.4. The van der Waals surface area contributed by atoms with Crippen LogP contribution in [0.4, 0.5) is 29.3 Å². The standard InChI is InChI=1S/C16H16F3N3O/c17-16(18,19)12-5-4-8-14(11-12)22(10-9-20)15(23)21-13-6-2-1-3-7-13/h1-8,11H,9-10,20H2,(H,21,23). The van der Waals surface area contributed by atoms with E-state index in [4.69, 9.17) is 5.73 Å². The molecule has 0 aliphatic carbocycles. The lowest BCUT2D eigenvalue weighted by Crippen LogP contribution is -2.38. The van der Waals surface area contributed by atoms with Gasteiger partial charge in [0.25, 0.3) is 0 Å². The summed E-state index contributed by atoms with van der Waals surface area (Å²) in [4.78, 5) is 13.5. The Morgan fingerprint density at radius 1 is 1.09 bits per heavy atom. The molecule has 0 unspecified atom stereocenters. The largest absolute Gasteiger partial charge is 0.416 e. The topological polar surface area (TPSA) is 58.4 Å². The highest BCUT2D eigenvalue weighted by Gasteiger charge is 2.31. The van der Waals surface area contributed by atoms with Crippen molar-refractivity contribution in [3.05, 3.63) is 60.2 Å². The molecule has 4 nitrogen and oxygen atoms in total. The number of amides is 2. The van der Waals surface area contributed by atoms with Gasteiger partial charge < -0.3 is 11.1 Å². The average molecular weight is 323 g/mol. The number of nitrogens with two attached hydrogens (primary N) is 1. The zero-order valence-electron chi connectivity index (χ0n) is 12.2. The molecule has 0 saturated carbocycles. The first-order valence-corrected chi connectivity index (χ1v) is 6.92. The SMILES string of the molecule is NCCN(C(=O)Nc1ccccc1)c1cccc(C(F)(F)F)c1. The number of anilines is 2. The van der Waals surface area contributed by atoms with E-state index in [1.807, 2.05) is 0 Å². The van der Waals surface area contributed by atoms with Crippen molar-refractivity contribution in [3.63, 3.8) is 0 Å². The smallest absolute Gasteiger partial charge is 0.329 e. The fourth-order valence-electron chi connectivity index (χ4n) is 2.04. The molecule has 2 amide bonds. The van der Waals surface area contributed by atoms with E-state index >= 15 is 0 Å². The summed E-state index contributed by atoms with van der Waals surface area (Å²) in [6.45, 7) is 0.221. The van der Waals surface area contributed by atoms with Gasteiger partial charge in [0.05, 0.1) is 5.56 Å². The van der Waals surface area contributed by atoms with Gasteiger partial charge in [-0.2, -0.15) is 13.2 Å². The summed E-state index contributed by atoms with van der Waals surface area (Å²) in [6.07, 6.45) is -4.47. The Hall–Kier alpha value is -2.54. The van der Waals surface area contributed by atoms with Crippen LogP contribution < -0.4 is 16.0 Å². The van der Waals surface area contributed by atoms with Gasteiger partial charge in [0.2, 0.25) is 0 Å². The number of hydrogen-bond acceptors (Lipinski definition) is 2. The van der Waals surface area contributed by atoms with E-state index in [9.17, 15) is 18.0 Å². The van der Waals surface area contributed by atoms with E-state index < -0.39 is 17.8 Å². The maximum absolute atomic E-state index is 12.8. The molecule has 0 bridgehead atoms. The second-order valence-corrected chi connectivity index (χ2v) is 4.78. The summed E-state index contributed by atoms with van der Waals surface area (Å²) in [7, 11) is 0. The minimum absolute atomic E-state index is 0.0972. The van der Waals surface area contributed by atoms with E-state index in [0.717, 1.165) is 12.1 Å². The number of nitrogens with one attached hydrogen (secondary N) is 1. The fourth-order valence-corrected chi connectivity index (χ4v) is 2.04. The lowest BCUT2D eigenvalue weighted by Gasteiger charge is -2.23. The molecular weight excluding hydrogens is 307 g/mol. The van der Waals surface area contributed by atoms with Crippen LogP contribution >= 0.6 is 0 Å². The van der Waals surface area contributed by atoms with E-state index in [-0.39, 0.29) is 18.8 Å². The lowest BCUT2D eigenvalue weighted by atomic mass is 10.2. The summed E-state index contributed by atoms with van der Waals surface area (Å²) in [5, 5.41) is 2.63. The molecular formula is C16H16F3N3O. The maximum atomic E-state index is 12.8. The second kappa shape index (κ2) is 7.15. The first kappa shape index (κ1) is 16.8. The van der Waals surface area contributed by atoms with Crippen molar-refractivity contribution in [2.45, 2.75) is 6.18 Å². The van der Waals surface area contributed by atoms with E-state index in [1.165, 1.54) is 17.0 Å². The van der Waals surface area contributed by atoms with Crippen LogP contribution in [0.25, 0.3) is 0 Å². The molecule has 2 aromatic carbocycles. The lowest BCUT2D eigenvalue weighted by molar-refractivity contribution is -0.137. The van der Waals surface area contributed by atoms with Gasteiger partial charge in [-0.15, -0.1) is 0 Å². The van der Waals surface area contributed by atoms with Gasteiger partial charge in [-0.05, 0) is 30.3 Å². The predicted octanol–water partition coefficient (Wildman–Crippen LogP) is 3.70. The fraction of sp³-hybridized carbons (Fsp3) is 0.188. The number of benzene rings is 2. The van der Waals surface area contributed by atoms with Crippen LogP contribution in [-0.4, -0.2) is 19.1 Å². The number of carbonyl (C=O) groups is 1. The maximum Gasteiger partial charge on any atom is 0.416 e. The van der Waals surface area contributed by atoms with Crippen LogP contribution in [0.2, 0.25) is 0 Å². The Balaban J connectivity index is 2.26. The molecule has 0 radical (unpaired) electrons. The van der Waals surface area contributed by atoms with Crippen molar-refractivity contribution in [2.24, 2.45) is 5.73 Å². The monoisotopic (exact) mass is 323 g/mol. The second-order valence-electron chi connectivity index (χ2n) is 4.78. The highest BCUT2D eigenvalue weighted by Crippen LogP contribution is 2.31. The van der Waals surface area contributed by atoms with Crippen LogP contribution in [0.3, 0.4) is 0 Å². The molecule has 2 aromatic rings. The molecule has 23 heavy (non-hydrogen) atoms. The molecule has 0 fully saturated rings. The third kappa shape index (κ3) is 4.46. The van der Waals surface area contributed by atoms with Crippen LogP contribution in [0.15, 0.2) is 54.6 Å². The number of rotatable bonds is 4. The van der Waals surface area contributed by atoms with Gasteiger partial charge in [0.1, 0.15) is 0 Å². The first-order chi connectivity index (χ1) is 10.9. The first-order valence-electron chi connectivity index (χ1n) is 6.92. The van der Waals surface area contributed by atoms with E-state index in [0.29, 0.717) is 5.69 Å². The van der Waals surface area contributed by atoms with Crippen molar-refractivity contribution in [1.82, 2.24) is 0 Å². The van der Waals surface area contributed by atoms with Gasteiger partial charge >= 0.3 is 12.2 Å². The van der Waals surface area contributed by atoms with Gasteiger partial charge in [-0.25, -0.2) is 4.79 Å². The molecule has 0 aliphatic heterocycles. The van der Waals surface area contributed by atoms with Crippen molar-refractivity contribution in [1.29, 1.82) is 0 Å². The van der Waals surface area contributed by atoms with Crippen LogP contribution in [0.1, 0.15) is 5.56 Å². The van der Waals surface area contributed by atoms with Crippen LogP contribution in [0, 0.1) is 0 Å². The number of carbonyl (C=O) groups excluding carboxylic acids is 1. The average Bonchev–Trinajstić information content (AvgIpc) is 2.53. The molecule has 122 valence electrons. The zero-order valence-corrected chi connectivity index (χ0v) is 12.2. The highest BCUT2D eigenvalue weighted by molar-refractivity contribution is 6.01. The van der Waals surface area contributed by atoms with Crippen molar-refractivity contribution >= 4 is 17.4 Å². The van der Waals surface area contributed by atoms with E-state index in [1.54, 1.807) is 30.3 Å². The van der Waals surface area contributed by atoms with Gasteiger partial charge in [0, 0.05) is 24.5 Å². The summed E-state index contributed by atoms with van der Waals surface area (Å²) < 4.78 is 38.5. The zero-order chi connectivity index (χ0) is 16.9. The summed E-state index contributed by atoms with van der Waals surface area (Å²) >= 11 is 0. The number of para-hydroxylation sites is 1. The van der Waals surface area contributed by atoms with Crippen molar-refractivity contribution in [3.8, 4) is 0 Å². The third-order valence-corrected chi connectivity index (χ3v) is 3.11. The number of urea groups is 1. The number of hydrogen-bond donors (Lipinski definition) is 2. The summed E-state index contributed by atoms with van der Waals surface area (Å²) in [6, 6.07) is 12.7. The summed E-state index contributed by atoms with van der Waals surface area (Å²) in [5.41, 5.74) is 5.35. The number of nitrogens with zero attached hydrogens (tertiary/aromatic N) is 1. The molecule has 0 heterocycles. The quantitative estimate of drug-likeness (QED) is 0.901. The molecule has 0 saturated heterocycles. The Bertz CT molecular complexity index is 659. The molecule has 0 aliphatic rings. The molecule has 3 N–H and O–H groups in total. The molecule has 7 heteroatoms. The van der Waals surface area contributed by atoms with E-state index in [2.05, 4.69) is 5.32 Å². The Kier molecular flexibility index (Phi) is 5.23. The van der Waals surface area contributed by atoms with Crippen LogP contribution in [-0.2, 0) is 6.18 Å². The van der Waals surface area contributed by atoms with Crippen molar-refractivity contribution < 1.29 is 18.0 Å². The van der Waals surface area contributed by atoms with Crippen LogP contribution in [0.5, 0.6) is 0 Å². The minimum atomic E-state index is -4.47. The third-order valence-electron chi connectivity index (χ3n) is 3.11.